The number of nitrogens with zero attached hydrogens (tertiary/aromatic N) is 2. The number of nitrogens with one attached hydrogen (secondary N) is 1. The molecule has 0 heterocycles. The number of hydrogen-bond acceptors (Lipinski definition) is 4. The molecule has 2 N–H and O–H groups in total. The van der Waals surface area contributed by atoms with Crippen LogP contribution in [0.25, 0.3) is 0 Å². The Bertz CT molecular complexity index is 659. The fourth-order valence-electron chi connectivity index (χ4n) is 1.81. The van der Waals surface area contributed by atoms with E-state index in [1.807, 2.05) is 0 Å². The van der Waals surface area contributed by atoms with E-state index in [0.29, 0.717) is 3.27 Å². The third-order valence-corrected chi connectivity index (χ3v) is 4.59. The van der Waals surface area contributed by atoms with Crippen molar-refractivity contribution < 1.29 is 49.0 Å². The fourth-order valence-corrected chi connectivity index (χ4v) is 2.86. The van der Waals surface area contributed by atoms with Gasteiger partial charge in [0.05, 0.1) is 0 Å². The van der Waals surface area contributed by atoms with Gasteiger partial charge < -0.3 is 0 Å². The van der Waals surface area contributed by atoms with Crippen molar-refractivity contribution in [2.24, 2.45) is 0 Å². The molecule has 9 heteroatoms. The van der Waals surface area contributed by atoms with E-state index in [0.717, 1.165) is 24.7 Å². The Labute approximate surface area is 154 Å². The van der Waals surface area contributed by atoms with Crippen molar-refractivity contribution in [1.29, 1.82) is 0 Å². The topological polar surface area (TPSA) is 107 Å². The normalized spacial score (nSPS) is 10.0. The zero-order chi connectivity index (χ0) is 18.6. The van der Waals surface area contributed by atoms with Crippen molar-refractivity contribution >= 4 is 27.0 Å². The first-order valence-corrected chi connectivity index (χ1v) is 8.30. The van der Waals surface area contributed by atoms with Crippen LogP contribution in [0.4, 0.5) is 0 Å². The Kier molecular flexibility index (Phi) is 6.84. The van der Waals surface area contributed by atoms with Gasteiger partial charge in [0.25, 0.3) is 0 Å². The maximum absolute atomic E-state index is 12.3. The summed E-state index contributed by atoms with van der Waals surface area (Å²) in [5.74, 6) is -2.53. The minimum absolute atomic E-state index is 0.0619. The van der Waals surface area contributed by atoms with Gasteiger partial charge >= 0.3 is 155 Å². The number of carbonyl (C=O) groups is 4. The number of carboxylic acids is 1. The molecule has 1 aromatic rings. The first-order valence-electron chi connectivity index (χ1n) is 6.83. The number of hydrogen-bond donors (Lipinski definition) is 2. The van der Waals surface area contributed by atoms with Crippen molar-refractivity contribution in [3.63, 3.8) is 0 Å². The molecule has 0 saturated carbocycles. The van der Waals surface area contributed by atoms with E-state index < -0.39 is 18.4 Å². The summed E-state index contributed by atoms with van der Waals surface area (Å²) >= 11 is 1.15. The zero-order valence-corrected chi connectivity index (χ0v) is 16.7. The third-order valence-electron chi connectivity index (χ3n) is 3.01. The molecule has 0 radical (unpaired) electrons. The van der Waals surface area contributed by atoms with E-state index in [1.54, 1.807) is 28.2 Å². The van der Waals surface area contributed by atoms with Gasteiger partial charge in [0.1, 0.15) is 0 Å². The van der Waals surface area contributed by atoms with E-state index in [2.05, 4.69) is 5.32 Å². The fraction of sp³-hybridized carbons (Fsp3) is 0.333. The van der Waals surface area contributed by atoms with Crippen LogP contribution in [0.1, 0.15) is 31.1 Å². The second kappa shape index (κ2) is 8.19. The van der Waals surface area contributed by atoms with Crippen LogP contribution in [-0.2, 0) is 4.79 Å². The summed E-state index contributed by atoms with van der Waals surface area (Å²) in [6.45, 7) is -0.551. The van der Waals surface area contributed by atoms with Gasteiger partial charge in [0, 0.05) is 0 Å². The van der Waals surface area contributed by atoms with Gasteiger partial charge in [-0.2, -0.15) is 0 Å². The molecule has 0 spiro atoms. The number of carboxylic acid groups (broad SMARTS) is 1. The SMILES string of the molecule is CN(C)C(=O)c1cc(C(=O)NCC(=O)O)cc(C(=O)N(C)C)c1[At]. The van der Waals surface area contributed by atoms with Crippen LogP contribution < -0.4 is 8.59 Å². The molecule has 0 bridgehead atoms. The number of carbonyl (C=O) groups excluding carboxylic acids is 3. The van der Waals surface area contributed by atoms with Crippen LogP contribution >= 0.6 is 0 Å². The summed E-state index contributed by atoms with van der Waals surface area (Å²) in [5, 5.41) is 10.9. The van der Waals surface area contributed by atoms with Gasteiger partial charge in [-0.05, 0) is 0 Å². The van der Waals surface area contributed by atoms with Crippen molar-refractivity contribution in [2.75, 3.05) is 34.7 Å². The van der Waals surface area contributed by atoms with Crippen LogP contribution in [0, 0.1) is 24.7 Å². The Morgan fingerprint density at radius 2 is 1.42 bits per heavy atom. The molecule has 0 saturated heterocycles. The van der Waals surface area contributed by atoms with Gasteiger partial charge in [-0.25, -0.2) is 0 Å². The molecule has 0 fully saturated rings. The number of amides is 3. The van der Waals surface area contributed by atoms with Gasteiger partial charge in [0.2, 0.25) is 0 Å². The molecule has 8 nitrogen and oxygen atoms in total. The second-order valence-electron chi connectivity index (χ2n) is 5.36. The average molecular weight is 530 g/mol. The van der Waals surface area contributed by atoms with E-state index in [-0.39, 0.29) is 28.5 Å². The quantitative estimate of drug-likeness (QED) is 0.513. The molecule has 0 aromatic heterocycles. The average Bonchev–Trinajstić information content (AvgIpc) is 2.51. The van der Waals surface area contributed by atoms with Crippen LogP contribution in [0.5, 0.6) is 0 Å². The van der Waals surface area contributed by atoms with Crippen molar-refractivity contribution in [2.45, 2.75) is 0 Å². The molecule has 0 aliphatic carbocycles. The minimum atomic E-state index is -1.19. The second-order valence-corrected chi connectivity index (χ2v) is 6.83. The van der Waals surface area contributed by atoms with Crippen LogP contribution in [0.3, 0.4) is 0 Å². The summed E-state index contributed by atoms with van der Waals surface area (Å²) in [6.07, 6.45) is 0. The van der Waals surface area contributed by atoms with Gasteiger partial charge in [-0.15, -0.1) is 0 Å². The summed E-state index contributed by atoms with van der Waals surface area (Å²) in [6, 6.07) is 2.75. The molecular weight excluding hydrogens is 512 g/mol. The summed E-state index contributed by atoms with van der Waals surface area (Å²) in [5.41, 5.74) is 0.543. The van der Waals surface area contributed by atoms with Crippen LogP contribution in [0.15, 0.2) is 12.1 Å². The standard InChI is InChI=1S/C15H18AtN3O5/c1-18(2)14(23)9-5-8(13(22)17-7-11(20)21)6-10(12(9)16)15(24)19(3)4/h5-6H,7H2,1-4H3,(H,17,22)(H,20,21). The monoisotopic (exact) mass is 530 g/mol. The Morgan fingerprint density at radius 3 is 1.75 bits per heavy atom. The molecule has 1 aromatic carbocycles. The third kappa shape index (κ3) is 4.74. The van der Waals surface area contributed by atoms with E-state index in [9.17, 15) is 19.2 Å². The molecule has 24 heavy (non-hydrogen) atoms. The number of rotatable bonds is 5. The predicted molar refractivity (Wildman–Crippen MR) is 82.1 cm³/mol. The molecule has 3 amide bonds. The van der Waals surface area contributed by atoms with Crippen molar-refractivity contribution in [3.05, 3.63) is 28.8 Å². The van der Waals surface area contributed by atoms with Crippen molar-refractivity contribution in [1.82, 2.24) is 15.1 Å². The maximum atomic E-state index is 12.3. The summed E-state index contributed by atoms with van der Waals surface area (Å²) in [7, 11) is 6.27. The molecule has 1 rings (SSSR count). The van der Waals surface area contributed by atoms with Gasteiger partial charge in [-0.1, -0.05) is 0 Å². The van der Waals surface area contributed by atoms with E-state index in [4.69, 9.17) is 5.11 Å². The van der Waals surface area contributed by atoms with E-state index >= 15 is 0 Å². The molecule has 0 aliphatic rings. The van der Waals surface area contributed by atoms with Crippen molar-refractivity contribution in [3.8, 4) is 0 Å². The zero-order valence-electron chi connectivity index (χ0n) is 13.7. The van der Waals surface area contributed by atoms with Crippen LogP contribution in [0.2, 0.25) is 0 Å². The summed E-state index contributed by atoms with van der Waals surface area (Å²) < 4.78 is 0.516. The van der Waals surface area contributed by atoms with Crippen LogP contribution in [-0.4, -0.2) is 73.3 Å². The predicted octanol–water partition coefficient (Wildman–Crippen LogP) is -0.921. The Hall–Kier alpha value is -2.02. The molecular formula is C15H18AtN3O5. The number of aliphatic carboxylic acids is 1. The molecule has 0 unspecified atom stereocenters. The first kappa shape index (κ1) is 20.0. The van der Waals surface area contributed by atoms with Gasteiger partial charge in [0.15, 0.2) is 0 Å². The molecule has 130 valence electrons. The Balaban J connectivity index is 3.44. The molecule has 0 atom stereocenters. The van der Waals surface area contributed by atoms with Gasteiger partial charge in [-0.3, -0.25) is 0 Å². The van der Waals surface area contributed by atoms with E-state index in [1.165, 1.54) is 21.9 Å². The first-order chi connectivity index (χ1) is 11.1. The molecule has 0 aliphatic heterocycles. The summed E-state index contributed by atoms with van der Waals surface area (Å²) in [4.78, 5) is 50.1. The Morgan fingerprint density at radius 1 is 1.00 bits per heavy atom. The number of benzene rings is 1.